The lowest BCUT2D eigenvalue weighted by atomic mass is 9.74. The summed E-state index contributed by atoms with van der Waals surface area (Å²) in [5.41, 5.74) is 14.9. The summed E-state index contributed by atoms with van der Waals surface area (Å²) in [6.07, 6.45) is 8.14. The lowest BCUT2D eigenvalue weighted by molar-refractivity contribution is 0.601. The monoisotopic (exact) mass is 805 g/mol. The van der Waals surface area contributed by atoms with Gasteiger partial charge in [0.2, 0.25) is 0 Å². The van der Waals surface area contributed by atoms with E-state index in [0.29, 0.717) is 0 Å². The van der Waals surface area contributed by atoms with Crippen molar-refractivity contribution in [2.45, 2.75) is 38.0 Å². The minimum absolute atomic E-state index is 0.0435. The average Bonchev–Trinajstić information content (AvgIpc) is 3.57. The Morgan fingerprint density at radius 3 is 1.78 bits per heavy atom. The van der Waals surface area contributed by atoms with Crippen molar-refractivity contribution in [2.24, 2.45) is 0 Å². The fourth-order valence-electron chi connectivity index (χ4n) is 10.8. The molecule has 2 aliphatic carbocycles. The maximum absolute atomic E-state index is 2.48. The molecule has 0 N–H and O–H groups in total. The molecule has 1 heteroatoms. The maximum Gasteiger partial charge on any atom is 0.0539 e. The van der Waals surface area contributed by atoms with Gasteiger partial charge in [-0.3, -0.25) is 0 Å². The predicted molar refractivity (Wildman–Crippen MR) is 269 cm³/mol. The van der Waals surface area contributed by atoms with E-state index in [1.807, 2.05) is 0 Å². The first-order valence-corrected chi connectivity index (χ1v) is 22.3. The van der Waals surface area contributed by atoms with Gasteiger partial charge in [0.15, 0.2) is 0 Å². The molecule has 0 fully saturated rings. The van der Waals surface area contributed by atoms with E-state index in [0.717, 1.165) is 17.8 Å². The van der Waals surface area contributed by atoms with Gasteiger partial charge in [0.25, 0.3) is 0 Å². The van der Waals surface area contributed by atoms with Crippen molar-refractivity contribution in [3.8, 4) is 33.4 Å². The largest absolute Gasteiger partial charge is 0.310 e. The lowest BCUT2D eigenvalue weighted by Crippen LogP contribution is -2.25. The Kier molecular flexibility index (Phi) is 8.46. The van der Waals surface area contributed by atoms with Crippen molar-refractivity contribution in [2.75, 3.05) is 4.90 Å². The Morgan fingerprint density at radius 1 is 0.397 bits per heavy atom. The van der Waals surface area contributed by atoms with Gasteiger partial charge in [0.1, 0.15) is 0 Å². The Labute approximate surface area is 369 Å². The van der Waals surface area contributed by atoms with Gasteiger partial charge in [-0.15, -0.1) is 0 Å². The van der Waals surface area contributed by atoms with Gasteiger partial charge >= 0.3 is 0 Å². The molecule has 10 aromatic carbocycles. The molecule has 0 saturated heterocycles. The minimum Gasteiger partial charge on any atom is -0.310 e. The number of anilines is 2. The highest BCUT2D eigenvalue weighted by atomic mass is 15.1. The summed E-state index contributed by atoms with van der Waals surface area (Å²) in [4.78, 5) is 2.48. The summed E-state index contributed by atoms with van der Waals surface area (Å²) >= 11 is 0. The number of allylic oxidation sites excluding steroid dienone is 3. The van der Waals surface area contributed by atoms with Crippen LogP contribution in [0.2, 0.25) is 0 Å². The molecule has 0 saturated carbocycles. The molecule has 2 aliphatic rings. The van der Waals surface area contributed by atoms with Crippen LogP contribution in [0.4, 0.5) is 11.4 Å². The number of fused-ring (bicyclic) bond motifs is 9. The first-order valence-electron chi connectivity index (χ1n) is 22.3. The van der Waals surface area contributed by atoms with Crippen molar-refractivity contribution >= 4 is 54.5 Å². The third kappa shape index (κ3) is 5.98. The summed E-state index contributed by atoms with van der Waals surface area (Å²) in [6, 6.07) is 74.4. The van der Waals surface area contributed by atoms with Crippen LogP contribution in [0.1, 0.15) is 43.9 Å². The number of rotatable bonds is 6. The Balaban J connectivity index is 0.966. The molecular weight excluding hydrogens is 759 g/mol. The highest BCUT2D eigenvalue weighted by Crippen LogP contribution is 2.51. The summed E-state index contributed by atoms with van der Waals surface area (Å²) < 4.78 is 0. The van der Waals surface area contributed by atoms with Crippen LogP contribution in [-0.4, -0.2) is 0 Å². The van der Waals surface area contributed by atoms with Crippen LogP contribution < -0.4 is 4.90 Å². The normalized spacial score (nSPS) is 16.3. The van der Waals surface area contributed by atoms with E-state index in [4.69, 9.17) is 0 Å². The molecule has 1 unspecified atom stereocenters. The summed E-state index contributed by atoms with van der Waals surface area (Å²) in [6.45, 7) is 7.10. The van der Waals surface area contributed by atoms with Crippen LogP contribution in [0.3, 0.4) is 0 Å². The van der Waals surface area contributed by atoms with Crippen molar-refractivity contribution < 1.29 is 0 Å². The van der Waals surface area contributed by atoms with Crippen LogP contribution in [0.25, 0.3) is 76.5 Å². The third-order valence-corrected chi connectivity index (χ3v) is 14.3. The number of benzene rings is 10. The number of para-hydroxylation sites is 1. The van der Waals surface area contributed by atoms with Crippen LogP contribution in [0.5, 0.6) is 0 Å². The fourth-order valence-corrected chi connectivity index (χ4v) is 10.8. The van der Waals surface area contributed by atoms with Gasteiger partial charge in [-0.1, -0.05) is 203 Å². The molecule has 10 aromatic rings. The molecule has 12 rings (SSSR count). The zero-order valence-electron chi connectivity index (χ0n) is 35.9. The maximum atomic E-state index is 2.48. The molecular formula is C62H47N. The number of hydrogen-bond donors (Lipinski definition) is 0. The van der Waals surface area contributed by atoms with Crippen molar-refractivity contribution in [1.82, 2.24) is 0 Å². The third-order valence-electron chi connectivity index (χ3n) is 14.3. The first-order chi connectivity index (χ1) is 30.8. The topological polar surface area (TPSA) is 3.24 Å². The summed E-state index contributed by atoms with van der Waals surface area (Å²) in [5.74, 6) is 0. The van der Waals surface area contributed by atoms with Crippen molar-refractivity contribution in [3.63, 3.8) is 0 Å². The second kappa shape index (κ2) is 14.3. The summed E-state index contributed by atoms with van der Waals surface area (Å²) in [5, 5.41) is 10.3. The van der Waals surface area contributed by atoms with E-state index >= 15 is 0 Å². The minimum atomic E-state index is -0.178. The zero-order chi connectivity index (χ0) is 42.3. The molecule has 0 amide bonds. The van der Waals surface area contributed by atoms with Crippen LogP contribution in [0, 0.1) is 0 Å². The average molecular weight is 806 g/mol. The van der Waals surface area contributed by atoms with Crippen LogP contribution in [0.15, 0.2) is 224 Å². The number of nitrogens with zero attached hydrogens (tertiary/aromatic N) is 1. The van der Waals surface area contributed by atoms with Gasteiger partial charge in [-0.2, -0.15) is 0 Å². The van der Waals surface area contributed by atoms with Crippen molar-refractivity contribution in [1.29, 1.82) is 0 Å². The summed E-state index contributed by atoms with van der Waals surface area (Å²) in [7, 11) is 0. The van der Waals surface area contributed by atoms with E-state index < -0.39 is 0 Å². The molecule has 0 radical (unpaired) electrons. The molecule has 300 valence electrons. The highest BCUT2D eigenvalue weighted by molar-refractivity contribution is 6.09. The van der Waals surface area contributed by atoms with E-state index in [-0.39, 0.29) is 10.8 Å². The number of hydrogen-bond acceptors (Lipinski definition) is 1. The standard InChI is InChI=1S/C62H47N/c1-61(2)57-20-10-8-18-54(57)56-40-46(29-34-58(56)61)52-17-9-11-22-60(52)63(47-30-25-41(26-31-47)44-28-32-51-45(39-44)24-23-42-13-4-6-15-49(42)51)48-35-37-62(3,38-36-48)59-21-12-19-53-50-16-7-5-14-43(50)27-33-55(53)59/h4-37,39-40H,38H2,1-3H3. The molecule has 1 atom stereocenters. The van der Waals surface area contributed by atoms with Gasteiger partial charge in [0, 0.05) is 27.8 Å². The SMILES string of the molecule is CC1(c2cccc3c2ccc2ccccc23)C=CC(N(c2ccc(-c3ccc4c(ccc5ccccc54)c3)cc2)c2ccccc2-c2ccc3c(c2)-c2ccccc2C3(C)C)=CC1. The van der Waals surface area contributed by atoms with Gasteiger partial charge in [-0.25, -0.2) is 0 Å². The smallest absolute Gasteiger partial charge is 0.0539 e. The lowest BCUT2D eigenvalue weighted by Gasteiger charge is -2.35. The van der Waals surface area contributed by atoms with E-state index in [2.05, 4.69) is 244 Å². The van der Waals surface area contributed by atoms with Crippen LogP contribution in [-0.2, 0) is 10.8 Å². The molecule has 1 nitrogen and oxygen atoms in total. The molecule has 0 bridgehead atoms. The zero-order valence-corrected chi connectivity index (χ0v) is 35.9. The van der Waals surface area contributed by atoms with Crippen molar-refractivity contribution in [3.05, 3.63) is 241 Å². The molecule has 0 spiro atoms. The second-order valence-corrected chi connectivity index (χ2v) is 18.3. The Morgan fingerprint density at radius 2 is 0.984 bits per heavy atom. The van der Waals surface area contributed by atoms with E-state index in [9.17, 15) is 0 Å². The Bertz CT molecular complexity index is 3530. The van der Waals surface area contributed by atoms with Gasteiger partial charge in [-0.05, 0) is 130 Å². The van der Waals surface area contributed by atoms with Gasteiger partial charge in [0.05, 0.1) is 5.69 Å². The Hall–Kier alpha value is -7.48. The van der Waals surface area contributed by atoms with E-state index in [1.54, 1.807) is 0 Å². The predicted octanol–water partition coefficient (Wildman–Crippen LogP) is 16.9. The second-order valence-electron chi connectivity index (χ2n) is 18.3. The molecule has 63 heavy (non-hydrogen) atoms. The first kappa shape index (κ1) is 37.3. The molecule has 0 aliphatic heterocycles. The van der Waals surface area contributed by atoms with Gasteiger partial charge < -0.3 is 4.90 Å². The van der Waals surface area contributed by atoms with E-state index in [1.165, 1.54) is 98.9 Å². The van der Waals surface area contributed by atoms with Crippen LogP contribution >= 0.6 is 0 Å². The molecule has 0 heterocycles. The fraction of sp³-hybridized carbons (Fsp3) is 0.0968. The molecule has 0 aromatic heterocycles. The quantitative estimate of drug-likeness (QED) is 0.151. The highest BCUT2D eigenvalue weighted by Gasteiger charge is 2.35.